The average molecular weight is 669 g/mol. The van der Waals surface area contributed by atoms with Crippen molar-refractivity contribution in [1.29, 1.82) is 0 Å². The van der Waals surface area contributed by atoms with Gasteiger partial charge in [-0.15, -0.1) is 0 Å². The lowest BCUT2D eigenvalue weighted by Gasteiger charge is -2.18. The summed E-state index contributed by atoms with van der Waals surface area (Å²) < 4.78 is 6.68. The maximum atomic E-state index is 6.68. The average Bonchev–Trinajstić information content (AvgIpc) is 3.58. The maximum absolute atomic E-state index is 6.68. The van der Waals surface area contributed by atoms with E-state index in [0.29, 0.717) is 0 Å². The van der Waals surface area contributed by atoms with Crippen LogP contribution in [0.3, 0.4) is 0 Å². The van der Waals surface area contributed by atoms with Crippen molar-refractivity contribution in [2.75, 3.05) is 0 Å². The Balaban J connectivity index is 1.18. The molecule has 1 heteroatoms. The van der Waals surface area contributed by atoms with Gasteiger partial charge in [-0.2, -0.15) is 0 Å². The van der Waals surface area contributed by atoms with Crippen LogP contribution in [-0.2, 0) is 0 Å². The van der Waals surface area contributed by atoms with Crippen LogP contribution in [-0.4, -0.2) is 0 Å². The van der Waals surface area contributed by atoms with E-state index >= 15 is 0 Å². The zero-order valence-corrected chi connectivity index (χ0v) is 28.6. The number of furan rings is 1. The standard InChI is InChI=1S/C52H28O/c1-2-10-39-29(5-1)19-24-46-52(39)45-27-37-25-36(38-20-15-34-13-11-30-6-3-8-32-17-22-41(38)50(34)48(30)32)26-44(43(37)28-47(45)53-46)40-21-16-35-14-12-31-7-4-9-33-18-23-42(40)51(35)49(31)33/h1-28H. The summed E-state index contributed by atoms with van der Waals surface area (Å²) in [5, 5.41) is 22.7. The van der Waals surface area contributed by atoms with Crippen molar-refractivity contribution in [2.24, 2.45) is 0 Å². The quantitative estimate of drug-likeness (QED) is 0.167. The van der Waals surface area contributed by atoms with Crippen molar-refractivity contribution >= 4 is 108 Å². The van der Waals surface area contributed by atoms with Crippen molar-refractivity contribution in [3.63, 3.8) is 0 Å². The predicted molar refractivity (Wildman–Crippen MR) is 227 cm³/mol. The number of hydrogen-bond donors (Lipinski definition) is 0. The van der Waals surface area contributed by atoms with Gasteiger partial charge >= 0.3 is 0 Å². The Hall–Kier alpha value is -6.96. The summed E-state index contributed by atoms with van der Waals surface area (Å²) in [6, 6.07) is 63.3. The van der Waals surface area contributed by atoms with Gasteiger partial charge in [-0.25, -0.2) is 0 Å². The van der Waals surface area contributed by atoms with Crippen molar-refractivity contribution in [1.82, 2.24) is 0 Å². The minimum absolute atomic E-state index is 0.915. The third-order valence-electron chi connectivity index (χ3n) is 12.1. The Morgan fingerprint density at radius 3 is 1.49 bits per heavy atom. The molecular weight excluding hydrogens is 641 g/mol. The number of rotatable bonds is 2. The number of benzene rings is 12. The third kappa shape index (κ3) is 3.66. The van der Waals surface area contributed by atoms with Gasteiger partial charge in [0.15, 0.2) is 0 Å². The van der Waals surface area contributed by atoms with Crippen molar-refractivity contribution in [3.8, 4) is 22.3 Å². The van der Waals surface area contributed by atoms with Crippen LogP contribution < -0.4 is 0 Å². The van der Waals surface area contributed by atoms with Gasteiger partial charge in [0, 0.05) is 10.8 Å². The van der Waals surface area contributed by atoms with Crippen molar-refractivity contribution < 1.29 is 4.42 Å². The molecular formula is C52H28O. The second kappa shape index (κ2) is 9.88. The lowest BCUT2D eigenvalue weighted by molar-refractivity contribution is 0.670. The minimum Gasteiger partial charge on any atom is -0.456 e. The molecule has 1 heterocycles. The fourth-order valence-corrected chi connectivity index (χ4v) is 9.74. The molecule has 0 bridgehead atoms. The molecule has 0 aliphatic rings. The summed E-state index contributed by atoms with van der Waals surface area (Å²) in [6.07, 6.45) is 0. The summed E-state index contributed by atoms with van der Waals surface area (Å²) >= 11 is 0. The predicted octanol–water partition coefficient (Wildman–Crippen LogP) is 15.0. The molecule has 0 atom stereocenters. The highest BCUT2D eigenvalue weighted by atomic mass is 16.3. The smallest absolute Gasteiger partial charge is 0.136 e. The van der Waals surface area contributed by atoms with Gasteiger partial charge in [0.25, 0.3) is 0 Å². The molecule has 242 valence electrons. The Kier molecular flexibility index (Phi) is 5.17. The van der Waals surface area contributed by atoms with E-state index in [2.05, 4.69) is 170 Å². The van der Waals surface area contributed by atoms with Gasteiger partial charge < -0.3 is 4.42 Å². The Morgan fingerprint density at radius 1 is 0.245 bits per heavy atom. The molecule has 0 unspecified atom stereocenters. The summed E-state index contributed by atoms with van der Waals surface area (Å²) in [5.41, 5.74) is 6.76. The molecule has 0 N–H and O–H groups in total. The SMILES string of the molecule is c1ccc2c(c1)ccc1oc3cc4c(-c5ccc6ccc7cccc8ccc5c6c78)cc(-c5ccc6ccc7cccc8ccc5c6c78)cc4cc3c12. The van der Waals surface area contributed by atoms with E-state index < -0.39 is 0 Å². The fourth-order valence-electron chi connectivity index (χ4n) is 9.74. The molecule has 13 rings (SSSR count). The molecule has 0 saturated carbocycles. The van der Waals surface area contributed by atoms with E-state index in [-0.39, 0.29) is 0 Å². The topological polar surface area (TPSA) is 13.1 Å². The Bertz CT molecular complexity index is 3640. The highest BCUT2D eigenvalue weighted by molar-refractivity contribution is 6.29. The number of hydrogen-bond acceptors (Lipinski definition) is 1. The molecule has 13 aromatic rings. The largest absolute Gasteiger partial charge is 0.456 e. The zero-order valence-electron chi connectivity index (χ0n) is 28.6. The van der Waals surface area contributed by atoms with E-state index in [1.165, 1.54) is 114 Å². The molecule has 0 aliphatic carbocycles. The summed E-state index contributed by atoms with van der Waals surface area (Å²) in [6.45, 7) is 0. The van der Waals surface area contributed by atoms with Crippen LogP contribution in [0.15, 0.2) is 174 Å². The van der Waals surface area contributed by atoms with E-state index in [4.69, 9.17) is 4.42 Å². The first-order valence-electron chi connectivity index (χ1n) is 18.4. The zero-order chi connectivity index (χ0) is 34.4. The normalized spacial score (nSPS) is 12.5. The molecule has 0 radical (unpaired) electrons. The van der Waals surface area contributed by atoms with Gasteiger partial charge in [0.2, 0.25) is 0 Å². The molecule has 1 aromatic heterocycles. The van der Waals surface area contributed by atoms with Gasteiger partial charge in [-0.1, -0.05) is 140 Å². The molecule has 0 amide bonds. The van der Waals surface area contributed by atoms with Crippen molar-refractivity contribution in [2.45, 2.75) is 0 Å². The first kappa shape index (κ1) is 27.7. The fraction of sp³-hybridized carbons (Fsp3) is 0. The minimum atomic E-state index is 0.915. The van der Waals surface area contributed by atoms with Crippen LogP contribution in [0.1, 0.15) is 0 Å². The van der Waals surface area contributed by atoms with E-state index in [1.807, 2.05) is 0 Å². The number of fused-ring (bicyclic) bond motifs is 6. The van der Waals surface area contributed by atoms with Crippen LogP contribution in [0.5, 0.6) is 0 Å². The molecule has 0 aliphatic heterocycles. The van der Waals surface area contributed by atoms with Crippen LogP contribution in [0.4, 0.5) is 0 Å². The van der Waals surface area contributed by atoms with Crippen molar-refractivity contribution in [3.05, 3.63) is 170 Å². The Labute approximate surface area is 303 Å². The highest BCUT2D eigenvalue weighted by Gasteiger charge is 2.19. The third-order valence-corrected chi connectivity index (χ3v) is 12.1. The lowest BCUT2D eigenvalue weighted by Crippen LogP contribution is -1.91. The second-order valence-corrected chi connectivity index (χ2v) is 14.8. The van der Waals surface area contributed by atoms with Gasteiger partial charge in [0.05, 0.1) is 0 Å². The molecule has 0 saturated heterocycles. The van der Waals surface area contributed by atoms with Crippen LogP contribution >= 0.6 is 0 Å². The first-order chi connectivity index (χ1) is 26.2. The summed E-state index contributed by atoms with van der Waals surface area (Å²) in [7, 11) is 0. The lowest BCUT2D eigenvalue weighted by atomic mass is 9.85. The second-order valence-electron chi connectivity index (χ2n) is 14.8. The highest BCUT2D eigenvalue weighted by Crippen LogP contribution is 2.46. The molecule has 53 heavy (non-hydrogen) atoms. The monoisotopic (exact) mass is 668 g/mol. The molecule has 1 nitrogen and oxygen atoms in total. The first-order valence-corrected chi connectivity index (χ1v) is 18.4. The van der Waals surface area contributed by atoms with Crippen LogP contribution in [0, 0.1) is 0 Å². The molecule has 0 spiro atoms. The van der Waals surface area contributed by atoms with Gasteiger partial charge in [-0.05, 0) is 139 Å². The molecule has 0 fully saturated rings. The van der Waals surface area contributed by atoms with E-state index in [0.717, 1.165) is 16.6 Å². The van der Waals surface area contributed by atoms with Gasteiger partial charge in [-0.3, -0.25) is 0 Å². The maximum Gasteiger partial charge on any atom is 0.136 e. The summed E-state index contributed by atoms with van der Waals surface area (Å²) in [5.74, 6) is 0. The molecule has 12 aromatic carbocycles. The van der Waals surface area contributed by atoms with Crippen LogP contribution in [0.25, 0.3) is 130 Å². The van der Waals surface area contributed by atoms with E-state index in [9.17, 15) is 0 Å². The summed E-state index contributed by atoms with van der Waals surface area (Å²) in [4.78, 5) is 0. The van der Waals surface area contributed by atoms with E-state index in [1.54, 1.807) is 0 Å². The Morgan fingerprint density at radius 2 is 0.792 bits per heavy atom. The van der Waals surface area contributed by atoms with Crippen LogP contribution in [0.2, 0.25) is 0 Å². The van der Waals surface area contributed by atoms with Gasteiger partial charge in [0.1, 0.15) is 11.2 Å².